The van der Waals surface area contributed by atoms with E-state index >= 15 is 0 Å². The number of methoxy groups -OCH3 is 1. The van der Waals surface area contributed by atoms with Crippen molar-refractivity contribution in [2.75, 3.05) is 38.2 Å². The molecule has 0 bridgehead atoms. The van der Waals surface area contributed by atoms with E-state index < -0.39 is 0 Å². The van der Waals surface area contributed by atoms with Crippen molar-refractivity contribution >= 4 is 11.8 Å². The summed E-state index contributed by atoms with van der Waals surface area (Å²) in [4.78, 5) is 11.8. The summed E-state index contributed by atoms with van der Waals surface area (Å²) in [5, 5.41) is 6.77. The third-order valence-electron chi connectivity index (χ3n) is 5.38. The predicted molar refractivity (Wildman–Crippen MR) is 124 cm³/mol. The van der Waals surface area contributed by atoms with Crippen LogP contribution in [0.2, 0.25) is 0 Å². The summed E-state index contributed by atoms with van der Waals surface area (Å²) in [6.07, 6.45) is 7.95. The Balaban J connectivity index is 1.58. The van der Waals surface area contributed by atoms with Crippen LogP contribution in [0.25, 0.3) is 0 Å². The van der Waals surface area contributed by atoms with Gasteiger partial charge in [0.05, 0.1) is 13.7 Å². The fraction of sp³-hybridized carbons (Fsp3) is 0.500. The number of benzene rings is 1. The minimum absolute atomic E-state index is 0.632. The van der Waals surface area contributed by atoms with Crippen LogP contribution in [-0.4, -0.2) is 44.2 Å². The molecule has 1 aliphatic rings. The number of pyridine rings is 1. The molecule has 1 aromatic carbocycles. The van der Waals surface area contributed by atoms with Crippen LogP contribution in [0.5, 0.6) is 5.75 Å². The van der Waals surface area contributed by atoms with Gasteiger partial charge in [0, 0.05) is 32.4 Å². The first kappa shape index (κ1) is 21.9. The predicted octanol–water partition coefficient (Wildman–Crippen LogP) is 3.77. The van der Waals surface area contributed by atoms with Gasteiger partial charge >= 0.3 is 0 Å². The van der Waals surface area contributed by atoms with Gasteiger partial charge in [0.15, 0.2) is 5.96 Å². The Hall–Kier alpha value is -2.76. The minimum Gasteiger partial charge on any atom is -0.496 e. The zero-order valence-corrected chi connectivity index (χ0v) is 18.4. The number of aliphatic imine (C=N–C) groups is 1. The number of hydrogen-bond donors (Lipinski definition) is 2. The number of guanidine groups is 1. The van der Waals surface area contributed by atoms with Gasteiger partial charge in [0.2, 0.25) is 0 Å². The van der Waals surface area contributed by atoms with Crippen LogP contribution in [0.3, 0.4) is 0 Å². The highest BCUT2D eigenvalue weighted by Gasteiger charge is 2.11. The van der Waals surface area contributed by atoms with Crippen molar-refractivity contribution in [3.63, 3.8) is 0 Å². The largest absolute Gasteiger partial charge is 0.496 e. The Morgan fingerprint density at radius 3 is 2.67 bits per heavy atom. The van der Waals surface area contributed by atoms with Crippen LogP contribution in [0, 0.1) is 0 Å². The summed E-state index contributed by atoms with van der Waals surface area (Å²) in [6, 6.07) is 12.4. The fourth-order valence-corrected chi connectivity index (χ4v) is 3.77. The zero-order chi connectivity index (χ0) is 21.0. The lowest BCUT2D eigenvalue weighted by Gasteiger charge is -2.21. The van der Waals surface area contributed by atoms with Crippen molar-refractivity contribution in [3.8, 4) is 5.75 Å². The molecule has 0 amide bonds. The SMILES string of the molecule is CCNC(=NCc1ccnc(N2CCCCCC2)c1)NCCc1ccccc1OC. The molecule has 6 heteroatoms. The summed E-state index contributed by atoms with van der Waals surface area (Å²) in [5.41, 5.74) is 2.38. The van der Waals surface area contributed by atoms with Crippen LogP contribution < -0.4 is 20.3 Å². The van der Waals surface area contributed by atoms with Gasteiger partial charge in [-0.1, -0.05) is 31.0 Å². The number of aromatic nitrogens is 1. The smallest absolute Gasteiger partial charge is 0.191 e. The van der Waals surface area contributed by atoms with Gasteiger partial charge in [-0.25, -0.2) is 9.98 Å². The zero-order valence-electron chi connectivity index (χ0n) is 18.4. The summed E-state index contributed by atoms with van der Waals surface area (Å²) in [5.74, 6) is 2.85. The van der Waals surface area contributed by atoms with Crippen molar-refractivity contribution < 1.29 is 4.74 Å². The van der Waals surface area contributed by atoms with E-state index in [2.05, 4.69) is 45.6 Å². The second-order valence-corrected chi connectivity index (χ2v) is 7.61. The topological polar surface area (TPSA) is 61.8 Å². The number of ether oxygens (including phenoxy) is 1. The van der Waals surface area contributed by atoms with Gasteiger partial charge < -0.3 is 20.3 Å². The lowest BCUT2D eigenvalue weighted by Crippen LogP contribution is -2.38. The van der Waals surface area contributed by atoms with Crippen molar-refractivity contribution in [2.24, 2.45) is 4.99 Å². The molecule has 0 radical (unpaired) electrons. The van der Waals surface area contributed by atoms with Crippen molar-refractivity contribution in [3.05, 3.63) is 53.7 Å². The van der Waals surface area contributed by atoms with E-state index in [0.29, 0.717) is 6.54 Å². The van der Waals surface area contributed by atoms with E-state index in [0.717, 1.165) is 50.1 Å². The highest BCUT2D eigenvalue weighted by molar-refractivity contribution is 5.79. The molecule has 0 spiro atoms. The Morgan fingerprint density at radius 1 is 1.10 bits per heavy atom. The highest BCUT2D eigenvalue weighted by atomic mass is 16.5. The van der Waals surface area contributed by atoms with Crippen LogP contribution in [0.1, 0.15) is 43.7 Å². The second kappa shape index (κ2) is 12.1. The van der Waals surface area contributed by atoms with Crippen molar-refractivity contribution in [1.29, 1.82) is 0 Å². The lowest BCUT2D eigenvalue weighted by molar-refractivity contribution is 0.409. The number of para-hydroxylation sites is 1. The molecular weight excluding hydrogens is 374 g/mol. The first-order chi connectivity index (χ1) is 14.8. The van der Waals surface area contributed by atoms with Gasteiger partial charge in [-0.15, -0.1) is 0 Å². The van der Waals surface area contributed by atoms with E-state index in [1.54, 1.807) is 7.11 Å². The van der Waals surface area contributed by atoms with Crippen molar-refractivity contribution in [1.82, 2.24) is 15.6 Å². The molecule has 1 saturated heterocycles. The number of anilines is 1. The standard InChI is InChI=1S/C24H35N5O/c1-3-25-24(27-15-13-21-10-6-7-11-22(21)30-2)28-19-20-12-14-26-23(18-20)29-16-8-4-5-9-17-29/h6-7,10-12,14,18H,3-5,8-9,13,15-17,19H2,1-2H3,(H2,25,27,28). The number of nitrogens with zero attached hydrogens (tertiary/aromatic N) is 3. The minimum atomic E-state index is 0.632. The molecule has 3 rings (SSSR count). The molecule has 2 aromatic rings. The molecule has 0 saturated carbocycles. The molecule has 1 aliphatic heterocycles. The van der Waals surface area contributed by atoms with Crippen LogP contribution in [0.4, 0.5) is 5.82 Å². The molecule has 1 fully saturated rings. The molecule has 0 aliphatic carbocycles. The van der Waals surface area contributed by atoms with Gasteiger partial charge in [-0.2, -0.15) is 0 Å². The van der Waals surface area contributed by atoms with E-state index in [-0.39, 0.29) is 0 Å². The van der Waals surface area contributed by atoms with Gasteiger partial charge in [-0.05, 0) is 55.5 Å². The average molecular weight is 410 g/mol. The summed E-state index contributed by atoms with van der Waals surface area (Å²) < 4.78 is 5.44. The first-order valence-electron chi connectivity index (χ1n) is 11.1. The summed E-state index contributed by atoms with van der Waals surface area (Å²) in [7, 11) is 1.71. The summed E-state index contributed by atoms with van der Waals surface area (Å²) in [6.45, 7) is 6.55. The van der Waals surface area contributed by atoms with Gasteiger partial charge in [0.25, 0.3) is 0 Å². The molecule has 2 N–H and O–H groups in total. The monoisotopic (exact) mass is 409 g/mol. The molecule has 162 valence electrons. The molecule has 6 nitrogen and oxygen atoms in total. The average Bonchev–Trinajstić information content (AvgIpc) is 3.08. The molecular formula is C24H35N5O. The van der Waals surface area contributed by atoms with Crippen LogP contribution >= 0.6 is 0 Å². The maximum absolute atomic E-state index is 5.44. The third kappa shape index (κ3) is 6.65. The number of nitrogens with one attached hydrogen (secondary N) is 2. The quantitative estimate of drug-likeness (QED) is 0.513. The number of rotatable bonds is 8. The van der Waals surface area contributed by atoms with Gasteiger partial charge in [0.1, 0.15) is 11.6 Å². The number of hydrogen-bond acceptors (Lipinski definition) is 4. The normalized spacial score (nSPS) is 14.9. The Labute approximate surface area is 180 Å². The molecule has 0 unspecified atom stereocenters. The van der Waals surface area contributed by atoms with E-state index in [1.807, 2.05) is 24.4 Å². The molecule has 0 atom stereocenters. The Kier molecular flexibility index (Phi) is 8.81. The lowest BCUT2D eigenvalue weighted by atomic mass is 10.1. The maximum atomic E-state index is 5.44. The second-order valence-electron chi connectivity index (χ2n) is 7.61. The fourth-order valence-electron chi connectivity index (χ4n) is 3.77. The molecule has 2 heterocycles. The van der Waals surface area contributed by atoms with Crippen LogP contribution in [-0.2, 0) is 13.0 Å². The van der Waals surface area contributed by atoms with E-state index in [9.17, 15) is 0 Å². The molecule has 30 heavy (non-hydrogen) atoms. The summed E-state index contributed by atoms with van der Waals surface area (Å²) >= 11 is 0. The Morgan fingerprint density at radius 2 is 1.90 bits per heavy atom. The highest BCUT2D eigenvalue weighted by Crippen LogP contribution is 2.19. The third-order valence-corrected chi connectivity index (χ3v) is 5.38. The van der Waals surface area contributed by atoms with Crippen LogP contribution in [0.15, 0.2) is 47.6 Å². The van der Waals surface area contributed by atoms with Crippen molar-refractivity contribution in [2.45, 2.75) is 45.6 Å². The Bertz CT molecular complexity index is 800. The first-order valence-corrected chi connectivity index (χ1v) is 11.1. The maximum Gasteiger partial charge on any atom is 0.191 e. The molecule has 1 aromatic heterocycles. The van der Waals surface area contributed by atoms with E-state index in [4.69, 9.17) is 9.73 Å². The van der Waals surface area contributed by atoms with Gasteiger partial charge in [-0.3, -0.25) is 0 Å². The van der Waals surface area contributed by atoms with E-state index in [1.165, 1.54) is 36.8 Å².